The molecule has 2 aromatic carbocycles. The lowest BCUT2D eigenvalue weighted by Gasteiger charge is -2.28. The second-order valence-corrected chi connectivity index (χ2v) is 8.46. The molecule has 0 aromatic heterocycles. The average Bonchev–Trinajstić information content (AvgIpc) is 2.55. The van der Waals surface area contributed by atoms with Crippen LogP contribution < -0.4 is 4.72 Å². The highest BCUT2D eigenvalue weighted by atomic mass is 32.2. The molecule has 0 saturated carbocycles. The Bertz CT molecular complexity index is 791. The molecule has 0 aliphatic carbocycles. The first-order chi connectivity index (χ1) is 11.2. The SMILES string of the molecule is C=C(c1ccccc1)C(C)(C)CCNS(=O)(=O)c1ccc(C)cc1. The standard InChI is InChI=1S/C20H25NO2S/c1-16-10-12-19(13-11-16)24(22,23)21-15-14-20(3,4)17(2)18-8-6-5-7-9-18/h5-13,21H,2,14-15H2,1,3-4H3. The maximum Gasteiger partial charge on any atom is 0.240 e. The Morgan fingerprint density at radius 3 is 2.21 bits per heavy atom. The molecule has 0 radical (unpaired) electrons. The van der Waals surface area contributed by atoms with E-state index >= 15 is 0 Å². The summed E-state index contributed by atoms with van der Waals surface area (Å²) in [5.74, 6) is 0. The third-order valence-electron chi connectivity index (χ3n) is 4.31. The van der Waals surface area contributed by atoms with Crippen molar-refractivity contribution >= 4 is 15.6 Å². The van der Waals surface area contributed by atoms with Crippen LogP contribution in [0.15, 0.2) is 66.1 Å². The van der Waals surface area contributed by atoms with E-state index in [0.717, 1.165) is 16.7 Å². The number of allylic oxidation sites excluding steroid dienone is 1. The largest absolute Gasteiger partial charge is 0.240 e. The molecule has 2 aromatic rings. The van der Waals surface area contributed by atoms with Crippen molar-refractivity contribution < 1.29 is 8.42 Å². The van der Waals surface area contributed by atoms with Gasteiger partial charge in [0.15, 0.2) is 0 Å². The minimum Gasteiger partial charge on any atom is -0.211 e. The van der Waals surface area contributed by atoms with Crippen molar-refractivity contribution in [2.24, 2.45) is 5.41 Å². The predicted octanol–water partition coefficient (Wildman–Crippen LogP) is 4.40. The third-order valence-corrected chi connectivity index (χ3v) is 5.79. The smallest absolute Gasteiger partial charge is 0.211 e. The van der Waals surface area contributed by atoms with Crippen LogP contribution in [0.3, 0.4) is 0 Å². The molecule has 0 heterocycles. The van der Waals surface area contributed by atoms with Crippen LogP contribution >= 0.6 is 0 Å². The van der Waals surface area contributed by atoms with E-state index in [1.165, 1.54) is 0 Å². The highest BCUT2D eigenvalue weighted by molar-refractivity contribution is 7.89. The highest BCUT2D eigenvalue weighted by Crippen LogP contribution is 2.35. The van der Waals surface area contributed by atoms with Gasteiger partial charge >= 0.3 is 0 Å². The highest BCUT2D eigenvalue weighted by Gasteiger charge is 2.24. The molecule has 0 bridgehead atoms. The van der Waals surface area contributed by atoms with E-state index in [1.807, 2.05) is 37.3 Å². The number of sulfonamides is 1. The normalized spacial score (nSPS) is 12.1. The molecule has 24 heavy (non-hydrogen) atoms. The van der Waals surface area contributed by atoms with Gasteiger partial charge in [-0.2, -0.15) is 0 Å². The van der Waals surface area contributed by atoms with E-state index < -0.39 is 10.0 Å². The Hall–Kier alpha value is -1.91. The number of hydrogen-bond acceptors (Lipinski definition) is 2. The van der Waals surface area contributed by atoms with Crippen molar-refractivity contribution in [1.29, 1.82) is 0 Å². The maximum atomic E-state index is 12.3. The molecule has 0 amide bonds. The minimum atomic E-state index is -3.47. The van der Waals surface area contributed by atoms with E-state index in [2.05, 4.69) is 25.1 Å². The lowest BCUT2D eigenvalue weighted by molar-refractivity contribution is 0.454. The first-order valence-electron chi connectivity index (χ1n) is 8.03. The fourth-order valence-corrected chi connectivity index (χ4v) is 3.51. The molecule has 0 spiro atoms. The molecule has 4 heteroatoms. The van der Waals surface area contributed by atoms with Gasteiger partial charge in [-0.05, 0) is 42.0 Å². The van der Waals surface area contributed by atoms with Crippen molar-refractivity contribution in [2.45, 2.75) is 32.1 Å². The second kappa shape index (κ2) is 7.32. The number of hydrogen-bond donors (Lipinski definition) is 1. The van der Waals surface area contributed by atoms with Gasteiger partial charge in [0, 0.05) is 6.54 Å². The number of aryl methyl sites for hydroxylation is 1. The quantitative estimate of drug-likeness (QED) is 0.810. The summed E-state index contributed by atoms with van der Waals surface area (Å²) >= 11 is 0. The Balaban J connectivity index is 1.99. The number of nitrogens with one attached hydrogen (secondary N) is 1. The van der Waals surface area contributed by atoms with Gasteiger partial charge in [-0.3, -0.25) is 0 Å². The molecular formula is C20H25NO2S. The van der Waals surface area contributed by atoms with Crippen LogP contribution in [-0.4, -0.2) is 15.0 Å². The zero-order valence-electron chi connectivity index (χ0n) is 14.5. The van der Waals surface area contributed by atoms with Gasteiger partial charge in [-0.15, -0.1) is 0 Å². The van der Waals surface area contributed by atoms with Crippen LogP contribution in [0.2, 0.25) is 0 Å². The Morgan fingerprint density at radius 1 is 1.04 bits per heavy atom. The zero-order chi connectivity index (χ0) is 17.8. The van der Waals surface area contributed by atoms with Gasteiger partial charge in [-0.1, -0.05) is 68.5 Å². The molecule has 2 rings (SSSR count). The van der Waals surface area contributed by atoms with E-state index in [9.17, 15) is 8.42 Å². The number of benzene rings is 2. The predicted molar refractivity (Wildman–Crippen MR) is 100 cm³/mol. The molecule has 0 aliphatic rings. The fourth-order valence-electron chi connectivity index (χ4n) is 2.48. The molecule has 0 saturated heterocycles. The molecule has 1 N–H and O–H groups in total. The Labute approximate surface area is 145 Å². The van der Waals surface area contributed by atoms with Crippen molar-refractivity contribution in [3.8, 4) is 0 Å². The third kappa shape index (κ3) is 4.56. The van der Waals surface area contributed by atoms with E-state index in [-0.39, 0.29) is 5.41 Å². The van der Waals surface area contributed by atoms with E-state index in [0.29, 0.717) is 17.9 Å². The first kappa shape index (κ1) is 18.4. The summed E-state index contributed by atoms with van der Waals surface area (Å²) < 4.78 is 27.4. The van der Waals surface area contributed by atoms with Crippen molar-refractivity contribution in [1.82, 2.24) is 4.72 Å². The number of rotatable bonds is 7. The zero-order valence-corrected chi connectivity index (χ0v) is 15.4. The van der Waals surface area contributed by atoms with Crippen molar-refractivity contribution in [3.63, 3.8) is 0 Å². The molecule has 3 nitrogen and oxygen atoms in total. The van der Waals surface area contributed by atoms with Crippen LogP contribution in [0.1, 0.15) is 31.4 Å². The van der Waals surface area contributed by atoms with Gasteiger partial charge in [0.05, 0.1) is 4.90 Å². The monoisotopic (exact) mass is 343 g/mol. The average molecular weight is 343 g/mol. The summed E-state index contributed by atoms with van der Waals surface area (Å²) in [6.45, 7) is 10.7. The molecule has 128 valence electrons. The fraction of sp³-hybridized carbons (Fsp3) is 0.300. The Kier molecular flexibility index (Phi) is 5.62. The Morgan fingerprint density at radius 2 is 1.62 bits per heavy atom. The second-order valence-electron chi connectivity index (χ2n) is 6.69. The topological polar surface area (TPSA) is 46.2 Å². The van der Waals surface area contributed by atoms with Gasteiger partial charge in [0.1, 0.15) is 0 Å². The summed E-state index contributed by atoms with van der Waals surface area (Å²) in [5, 5.41) is 0. The van der Waals surface area contributed by atoms with Crippen LogP contribution in [0, 0.1) is 12.3 Å². The van der Waals surface area contributed by atoms with Gasteiger partial charge in [-0.25, -0.2) is 13.1 Å². The molecule has 0 atom stereocenters. The van der Waals surface area contributed by atoms with Crippen molar-refractivity contribution in [2.75, 3.05) is 6.54 Å². The summed E-state index contributed by atoms with van der Waals surface area (Å²) in [6.07, 6.45) is 0.672. The molecule has 0 aliphatic heterocycles. The van der Waals surface area contributed by atoms with Gasteiger partial charge in [0.25, 0.3) is 0 Å². The summed E-state index contributed by atoms with van der Waals surface area (Å²) in [5.41, 5.74) is 2.94. The van der Waals surface area contributed by atoms with E-state index in [4.69, 9.17) is 0 Å². The summed E-state index contributed by atoms with van der Waals surface area (Å²) in [7, 11) is -3.47. The molecular weight excluding hydrogens is 318 g/mol. The lowest BCUT2D eigenvalue weighted by atomic mass is 9.78. The van der Waals surface area contributed by atoms with Crippen molar-refractivity contribution in [3.05, 3.63) is 72.3 Å². The van der Waals surface area contributed by atoms with Crippen LogP contribution in [-0.2, 0) is 10.0 Å². The van der Waals surface area contributed by atoms with Crippen LogP contribution in [0.5, 0.6) is 0 Å². The van der Waals surface area contributed by atoms with Gasteiger partial charge in [0.2, 0.25) is 10.0 Å². The maximum absolute atomic E-state index is 12.3. The first-order valence-corrected chi connectivity index (χ1v) is 9.52. The molecule has 0 unspecified atom stereocenters. The summed E-state index contributed by atoms with van der Waals surface area (Å²) in [6, 6.07) is 16.9. The van der Waals surface area contributed by atoms with Crippen LogP contribution in [0.4, 0.5) is 0 Å². The minimum absolute atomic E-state index is 0.197. The van der Waals surface area contributed by atoms with Gasteiger partial charge < -0.3 is 0 Å². The summed E-state index contributed by atoms with van der Waals surface area (Å²) in [4.78, 5) is 0.299. The van der Waals surface area contributed by atoms with Crippen LogP contribution in [0.25, 0.3) is 5.57 Å². The van der Waals surface area contributed by atoms with E-state index in [1.54, 1.807) is 24.3 Å². The molecule has 0 fully saturated rings. The lowest BCUT2D eigenvalue weighted by Crippen LogP contribution is -2.28.